The molecule has 3 heterocycles. The first-order valence-corrected chi connectivity index (χ1v) is 14.6. The number of hydrogen-bond acceptors (Lipinski definition) is 4. The number of hydrogen-bond donors (Lipinski definition) is 0. The van der Waals surface area contributed by atoms with Crippen LogP contribution in [0.5, 0.6) is 23.0 Å². The van der Waals surface area contributed by atoms with E-state index >= 15 is 0 Å². The van der Waals surface area contributed by atoms with Gasteiger partial charge in [0.05, 0.1) is 0 Å². The average Bonchev–Trinajstić information content (AvgIpc) is 3.38. The van der Waals surface area contributed by atoms with Crippen molar-refractivity contribution in [3.63, 3.8) is 0 Å². The van der Waals surface area contributed by atoms with Crippen molar-refractivity contribution in [1.82, 2.24) is 0 Å². The lowest BCUT2D eigenvalue weighted by Gasteiger charge is -2.34. The molecule has 0 bridgehead atoms. The second-order valence-corrected chi connectivity index (χ2v) is 11.6. The van der Waals surface area contributed by atoms with Gasteiger partial charge in [-0.05, 0) is 65.5 Å². The monoisotopic (exact) mass is 543 g/mol. The normalized spacial score (nSPS) is 12.7. The molecule has 0 saturated carbocycles. The first-order valence-electron chi connectivity index (χ1n) is 13.8. The summed E-state index contributed by atoms with van der Waals surface area (Å²) in [6.45, 7) is 0.0210. The Balaban J connectivity index is 1.25. The molecule has 0 amide bonds. The number of fused-ring (bicyclic) bond motifs is 7. The molecular formula is C36H22BNO2S. The van der Waals surface area contributed by atoms with Crippen LogP contribution in [0.2, 0.25) is 0 Å². The Morgan fingerprint density at radius 2 is 1.12 bits per heavy atom. The van der Waals surface area contributed by atoms with Crippen LogP contribution >= 0.6 is 11.3 Å². The number of ether oxygens (including phenoxy) is 2. The molecular weight excluding hydrogens is 521 g/mol. The van der Waals surface area contributed by atoms with E-state index in [0.717, 1.165) is 51.0 Å². The number of benzene rings is 6. The lowest BCUT2D eigenvalue weighted by Crippen LogP contribution is -2.57. The summed E-state index contributed by atoms with van der Waals surface area (Å²) in [5.74, 6) is 3.51. The maximum Gasteiger partial charge on any atom is 0.260 e. The molecule has 0 atom stereocenters. The lowest BCUT2D eigenvalue weighted by molar-refractivity contribution is 0.465. The number of para-hydroxylation sites is 2. The van der Waals surface area contributed by atoms with Gasteiger partial charge in [0.15, 0.2) is 0 Å². The highest BCUT2D eigenvalue weighted by Crippen LogP contribution is 2.41. The summed E-state index contributed by atoms with van der Waals surface area (Å²) in [5, 5.41) is 2.57. The average molecular weight is 543 g/mol. The third-order valence-corrected chi connectivity index (χ3v) is 9.30. The molecule has 192 valence electrons. The van der Waals surface area contributed by atoms with Crippen LogP contribution in [0.4, 0.5) is 17.1 Å². The van der Waals surface area contributed by atoms with Crippen molar-refractivity contribution < 1.29 is 9.47 Å². The van der Waals surface area contributed by atoms with Crippen molar-refractivity contribution in [2.45, 2.75) is 0 Å². The molecule has 0 N–H and O–H groups in total. The summed E-state index contributed by atoms with van der Waals surface area (Å²) in [5.41, 5.74) is 6.68. The molecule has 6 aromatic carbocycles. The second kappa shape index (κ2) is 8.75. The molecule has 0 unspecified atom stereocenters. The summed E-state index contributed by atoms with van der Waals surface area (Å²) in [4.78, 5) is 2.27. The highest BCUT2D eigenvalue weighted by molar-refractivity contribution is 7.25. The van der Waals surface area contributed by atoms with Crippen LogP contribution in [0.25, 0.3) is 20.2 Å². The fourth-order valence-electron chi connectivity index (χ4n) is 6.38. The Morgan fingerprint density at radius 1 is 0.463 bits per heavy atom. The molecule has 0 saturated heterocycles. The van der Waals surface area contributed by atoms with Crippen LogP contribution in [0.15, 0.2) is 133 Å². The van der Waals surface area contributed by atoms with E-state index in [0.29, 0.717) is 0 Å². The van der Waals surface area contributed by atoms with Gasteiger partial charge in [0.25, 0.3) is 6.71 Å². The van der Waals surface area contributed by atoms with Gasteiger partial charge < -0.3 is 14.4 Å². The third kappa shape index (κ3) is 3.46. The van der Waals surface area contributed by atoms with Crippen molar-refractivity contribution in [2.24, 2.45) is 0 Å². The van der Waals surface area contributed by atoms with E-state index in [1.54, 1.807) is 0 Å². The lowest BCUT2D eigenvalue weighted by atomic mass is 9.35. The van der Waals surface area contributed by atoms with Crippen molar-refractivity contribution in [3.8, 4) is 23.0 Å². The smallest absolute Gasteiger partial charge is 0.260 e. The van der Waals surface area contributed by atoms with Crippen molar-refractivity contribution >= 4 is 71.7 Å². The van der Waals surface area contributed by atoms with Gasteiger partial charge in [-0.15, -0.1) is 11.3 Å². The van der Waals surface area contributed by atoms with Crippen LogP contribution in [0.1, 0.15) is 0 Å². The highest BCUT2D eigenvalue weighted by Gasteiger charge is 2.40. The van der Waals surface area contributed by atoms with Crippen molar-refractivity contribution in [3.05, 3.63) is 133 Å². The fourth-order valence-corrected chi connectivity index (χ4v) is 7.49. The summed E-state index contributed by atoms with van der Waals surface area (Å²) in [6, 6.07) is 46.9. The minimum atomic E-state index is 0.0210. The zero-order valence-electron chi connectivity index (χ0n) is 22.0. The Morgan fingerprint density at radius 3 is 1.85 bits per heavy atom. The van der Waals surface area contributed by atoms with Gasteiger partial charge in [-0.25, -0.2) is 0 Å². The Kier molecular flexibility index (Phi) is 4.86. The van der Waals surface area contributed by atoms with E-state index < -0.39 is 0 Å². The van der Waals surface area contributed by atoms with E-state index in [2.05, 4.69) is 120 Å². The SMILES string of the molecule is c1ccc(N(c2ccccc2)c2ccc3c(c2)Oc2cccc4c2B3c2cc3c(cc2O4)sc2ccccc23)cc1. The number of thiophene rings is 1. The van der Waals surface area contributed by atoms with E-state index in [-0.39, 0.29) is 6.71 Å². The maximum absolute atomic E-state index is 6.64. The van der Waals surface area contributed by atoms with E-state index in [1.165, 1.54) is 25.6 Å². The van der Waals surface area contributed by atoms with Gasteiger partial charge in [0, 0.05) is 48.8 Å². The Hall–Kier alpha value is -5.00. The van der Waals surface area contributed by atoms with Crippen LogP contribution in [0, 0.1) is 0 Å². The first-order chi connectivity index (χ1) is 20.3. The molecule has 3 nitrogen and oxygen atoms in total. The molecule has 1 aromatic heterocycles. The standard InChI is InChI=1S/C36H22BNO2S/c1-3-10-23(11-4-1)38(24-12-5-2-6-13-24)25-18-19-28-32(20-25)39-30-15-9-16-31-36(30)37(28)29-21-27-26-14-7-8-17-34(26)41-35(27)22-33(29)40-31/h1-22H. The van der Waals surface area contributed by atoms with Crippen molar-refractivity contribution in [1.29, 1.82) is 0 Å². The predicted molar refractivity (Wildman–Crippen MR) is 172 cm³/mol. The topological polar surface area (TPSA) is 21.7 Å². The molecule has 0 spiro atoms. The third-order valence-electron chi connectivity index (χ3n) is 8.17. The van der Waals surface area contributed by atoms with Gasteiger partial charge in [0.2, 0.25) is 0 Å². The minimum Gasteiger partial charge on any atom is -0.458 e. The zero-order valence-corrected chi connectivity index (χ0v) is 22.8. The highest BCUT2D eigenvalue weighted by atomic mass is 32.1. The molecule has 0 fully saturated rings. The molecule has 9 rings (SSSR count). The zero-order chi connectivity index (χ0) is 26.9. The molecule has 2 aliphatic heterocycles. The van der Waals surface area contributed by atoms with E-state index in [4.69, 9.17) is 9.47 Å². The summed E-state index contributed by atoms with van der Waals surface area (Å²) < 4.78 is 15.7. The Labute approximate surface area is 241 Å². The molecule has 2 aliphatic rings. The van der Waals surface area contributed by atoms with Gasteiger partial charge >= 0.3 is 0 Å². The summed E-state index contributed by atoms with van der Waals surface area (Å²) >= 11 is 1.82. The summed E-state index contributed by atoms with van der Waals surface area (Å²) in [7, 11) is 0. The minimum absolute atomic E-state index is 0.0210. The van der Waals surface area contributed by atoms with E-state index in [9.17, 15) is 0 Å². The van der Waals surface area contributed by atoms with Crippen LogP contribution in [-0.2, 0) is 0 Å². The summed E-state index contributed by atoms with van der Waals surface area (Å²) in [6.07, 6.45) is 0. The van der Waals surface area contributed by atoms with Gasteiger partial charge in [-0.1, -0.05) is 72.8 Å². The maximum atomic E-state index is 6.64. The van der Waals surface area contributed by atoms with Gasteiger partial charge in [0.1, 0.15) is 23.0 Å². The van der Waals surface area contributed by atoms with Crippen LogP contribution in [-0.4, -0.2) is 6.71 Å². The quantitative estimate of drug-likeness (QED) is 0.210. The molecule has 41 heavy (non-hydrogen) atoms. The second-order valence-electron chi connectivity index (χ2n) is 10.5. The number of anilines is 3. The molecule has 0 radical (unpaired) electrons. The van der Waals surface area contributed by atoms with Crippen LogP contribution in [0.3, 0.4) is 0 Å². The molecule has 5 heteroatoms. The van der Waals surface area contributed by atoms with Crippen molar-refractivity contribution in [2.75, 3.05) is 4.90 Å². The molecule has 0 aliphatic carbocycles. The van der Waals surface area contributed by atoms with E-state index in [1.807, 2.05) is 29.5 Å². The Bertz CT molecular complexity index is 2080. The number of rotatable bonds is 3. The predicted octanol–water partition coefficient (Wildman–Crippen LogP) is 8.25. The first kappa shape index (κ1) is 22.8. The van der Waals surface area contributed by atoms with Gasteiger partial charge in [-0.2, -0.15) is 0 Å². The largest absolute Gasteiger partial charge is 0.458 e. The van der Waals surface area contributed by atoms with Crippen LogP contribution < -0.4 is 30.8 Å². The molecule has 7 aromatic rings. The fraction of sp³-hybridized carbons (Fsp3) is 0. The van der Waals surface area contributed by atoms with Gasteiger partial charge in [-0.3, -0.25) is 0 Å². The number of nitrogens with zero attached hydrogens (tertiary/aromatic N) is 1.